The monoisotopic (exact) mass is 677 g/mol. The molecule has 0 aliphatic carbocycles. The second kappa shape index (κ2) is 15.0. The minimum atomic E-state index is -1.29. The summed E-state index contributed by atoms with van der Waals surface area (Å²) in [4.78, 5) is 53.5. The van der Waals surface area contributed by atoms with Crippen LogP contribution in [0.4, 0.5) is 10.1 Å². The fraction of sp³-hybridized carbons (Fsp3) is 0.387. The summed E-state index contributed by atoms with van der Waals surface area (Å²) in [5, 5.41) is 23.6. The number of hydrogen-bond acceptors (Lipinski definition) is 8. The number of carboxylic acid groups (broad SMARTS) is 1. The number of anilines is 1. The van der Waals surface area contributed by atoms with E-state index in [9.17, 15) is 23.9 Å². The highest BCUT2D eigenvalue weighted by Crippen LogP contribution is 2.35. The Bertz CT molecular complexity index is 1620. The van der Waals surface area contributed by atoms with Gasteiger partial charge >= 0.3 is 0 Å². The first-order valence-electron chi connectivity index (χ1n) is 14.4. The van der Waals surface area contributed by atoms with Gasteiger partial charge in [-0.3, -0.25) is 19.2 Å². The number of imidazole rings is 1. The molecule has 12 nitrogen and oxygen atoms in total. The van der Waals surface area contributed by atoms with Crippen molar-refractivity contribution in [2.45, 2.75) is 31.3 Å². The number of piperidine rings is 2. The number of nitrogens with one attached hydrogen (secondary N) is 2. The standard InChI is InChI=1S/C30H32Cl2FN5O5.CH2O2/c1-37-22(20-5-6-23(43-2)25(33)24(20)32)16-35-27(37)28(40)36-18-3-4-19(21(31)15-18)29(41)38-13-7-17(8-14-38)26(39)30(42)9-11-34-12-10-30;2-1-3/h3-6,15-17,34,42H,7-14H2,1-2H3,(H,36,40);1H,(H,2,3). The number of likely N-dealkylation sites (tertiary alicyclic amines) is 1. The van der Waals surface area contributed by atoms with Gasteiger partial charge in [-0.1, -0.05) is 23.2 Å². The Labute approximate surface area is 274 Å². The average Bonchev–Trinajstić information content (AvgIpc) is 3.43. The number of aromatic nitrogens is 2. The van der Waals surface area contributed by atoms with Crippen LogP contribution in [-0.4, -0.2) is 87.6 Å². The normalized spacial score (nSPS) is 16.2. The maximum absolute atomic E-state index is 14.5. The van der Waals surface area contributed by atoms with Gasteiger partial charge in [-0.2, -0.15) is 0 Å². The van der Waals surface area contributed by atoms with E-state index in [1.54, 1.807) is 30.1 Å². The molecular weight excluding hydrogens is 644 g/mol. The Morgan fingerprint density at radius 3 is 2.41 bits per heavy atom. The number of rotatable bonds is 7. The highest BCUT2D eigenvalue weighted by Gasteiger charge is 2.42. The van der Waals surface area contributed by atoms with Crippen molar-refractivity contribution in [3.8, 4) is 17.0 Å². The van der Waals surface area contributed by atoms with Crippen LogP contribution in [-0.2, 0) is 16.6 Å². The van der Waals surface area contributed by atoms with Gasteiger partial charge in [-0.15, -0.1) is 0 Å². The molecule has 2 amide bonds. The van der Waals surface area contributed by atoms with Crippen LogP contribution >= 0.6 is 23.2 Å². The molecule has 5 rings (SSSR count). The highest BCUT2D eigenvalue weighted by molar-refractivity contribution is 6.34. The first kappa shape index (κ1) is 34.8. The summed E-state index contributed by atoms with van der Waals surface area (Å²) >= 11 is 12.7. The average molecular weight is 679 g/mol. The zero-order valence-electron chi connectivity index (χ0n) is 25.2. The Morgan fingerprint density at radius 1 is 1.15 bits per heavy atom. The number of carbonyl (C=O) groups is 4. The molecule has 2 fully saturated rings. The fourth-order valence-electron chi connectivity index (χ4n) is 5.69. The molecule has 3 aromatic rings. The number of aliphatic hydroxyl groups is 1. The highest BCUT2D eigenvalue weighted by atomic mass is 35.5. The summed E-state index contributed by atoms with van der Waals surface area (Å²) in [6.07, 6.45) is 3.18. The largest absolute Gasteiger partial charge is 0.494 e. The lowest BCUT2D eigenvalue weighted by atomic mass is 9.78. The lowest BCUT2D eigenvalue weighted by Crippen LogP contribution is -2.52. The third-order valence-corrected chi connectivity index (χ3v) is 8.92. The van der Waals surface area contributed by atoms with E-state index in [-0.39, 0.29) is 51.3 Å². The Kier molecular flexibility index (Phi) is 11.4. The topological polar surface area (TPSA) is 163 Å². The van der Waals surface area contributed by atoms with Crippen molar-refractivity contribution in [3.63, 3.8) is 0 Å². The van der Waals surface area contributed by atoms with Gasteiger partial charge in [-0.05, 0) is 69.1 Å². The Balaban J connectivity index is 0.00000154. The van der Waals surface area contributed by atoms with E-state index in [1.807, 2.05) is 0 Å². The predicted molar refractivity (Wildman–Crippen MR) is 169 cm³/mol. The van der Waals surface area contributed by atoms with Crippen molar-refractivity contribution < 1.29 is 38.5 Å². The Morgan fingerprint density at radius 2 is 1.80 bits per heavy atom. The molecule has 0 atom stereocenters. The molecule has 2 aliphatic rings. The van der Waals surface area contributed by atoms with Crippen LogP contribution < -0.4 is 15.4 Å². The number of carbonyl (C=O) groups excluding carboxylic acids is 3. The zero-order chi connectivity index (χ0) is 33.6. The molecule has 2 aliphatic heterocycles. The third kappa shape index (κ3) is 7.33. The van der Waals surface area contributed by atoms with Gasteiger partial charge < -0.3 is 35.1 Å². The molecular formula is C31H34Cl2FN5O7. The quantitative estimate of drug-likeness (QED) is 0.270. The van der Waals surface area contributed by atoms with Crippen LogP contribution in [0.5, 0.6) is 5.75 Å². The molecule has 3 heterocycles. The smallest absolute Gasteiger partial charge is 0.291 e. The summed E-state index contributed by atoms with van der Waals surface area (Å²) in [5.41, 5.74) is 0.102. The van der Waals surface area contributed by atoms with Gasteiger partial charge in [0.05, 0.1) is 34.6 Å². The van der Waals surface area contributed by atoms with Crippen molar-refractivity contribution in [2.24, 2.45) is 13.0 Å². The SMILES string of the molecule is COc1ccc(-c2cnc(C(=O)Nc3ccc(C(=O)N4CCC(C(=O)C5(O)CCNCC5)CC4)c(Cl)c3)n2C)c(Cl)c1F.O=CO. The van der Waals surface area contributed by atoms with Crippen molar-refractivity contribution >= 4 is 53.0 Å². The van der Waals surface area contributed by atoms with Gasteiger partial charge in [0.1, 0.15) is 5.60 Å². The predicted octanol–water partition coefficient (Wildman–Crippen LogP) is 4.03. The van der Waals surface area contributed by atoms with E-state index in [2.05, 4.69) is 15.6 Å². The number of hydrogen-bond donors (Lipinski definition) is 4. The number of benzene rings is 2. The lowest BCUT2D eigenvalue weighted by Gasteiger charge is -2.37. The minimum Gasteiger partial charge on any atom is -0.494 e. The van der Waals surface area contributed by atoms with Gasteiger partial charge in [0.25, 0.3) is 18.3 Å². The summed E-state index contributed by atoms with van der Waals surface area (Å²) in [6.45, 7) is 1.72. The van der Waals surface area contributed by atoms with Gasteiger partial charge in [0.15, 0.2) is 23.2 Å². The number of ketones is 1. The molecule has 0 saturated carbocycles. The maximum Gasteiger partial charge on any atom is 0.291 e. The summed E-state index contributed by atoms with van der Waals surface area (Å²) < 4.78 is 20.9. The number of ether oxygens (including phenoxy) is 1. The van der Waals surface area contributed by atoms with Gasteiger partial charge in [0, 0.05) is 37.3 Å². The van der Waals surface area contributed by atoms with E-state index < -0.39 is 17.3 Å². The first-order chi connectivity index (χ1) is 21.9. The van der Waals surface area contributed by atoms with Gasteiger partial charge in [0.2, 0.25) is 0 Å². The molecule has 2 aromatic carbocycles. The molecule has 0 radical (unpaired) electrons. The van der Waals surface area contributed by atoms with Crippen LogP contribution in [0, 0.1) is 11.7 Å². The molecule has 0 spiro atoms. The van der Waals surface area contributed by atoms with Gasteiger partial charge in [-0.25, -0.2) is 9.37 Å². The molecule has 0 unspecified atom stereocenters. The number of nitrogens with zero attached hydrogens (tertiary/aromatic N) is 3. The van der Waals surface area contributed by atoms with Crippen LogP contribution in [0.3, 0.4) is 0 Å². The van der Waals surface area contributed by atoms with Crippen LogP contribution in [0.15, 0.2) is 36.5 Å². The summed E-state index contributed by atoms with van der Waals surface area (Å²) in [6, 6.07) is 7.61. The van der Waals surface area contributed by atoms with E-state index in [1.165, 1.54) is 30.0 Å². The van der Waals surface area contributed by atoms with E-state index in [0.717, 1.165) is 0 Å². The Hall–Kier alpha value is -4.04. The number of Topliss-reactive ketones (excluding diaryl/α,β-unsaturated/α-hetero) is 1. The molecule has 246 valence electrons. The second-order valence-electron chi connectivity index (χ2n) is 10.9. The van der Waals surface area contributed by atoms with Crippen molar-refractivity contribution in [1.29, 1.82) is 0 Å². The first-order valence-corrected chi connectivity index (χ1v) is 15.2. The molecule has 4 N–H and O–H groups in total. The number of amides is 2. The van der Waals surface area contributed by atoms with E-state index in [4.69, 9.17) is 37.8 Å². The summed E-state index contributed by atoms with van der Waals surface area (Å²) in [7, 11) is 2.94. The van der Waals surface area contributed by atoms with E-state index >= 15 is 0 Å². The lowest BCUT2D eigenvalue weighted by molar-refractivity contribution is -0.145. The van der Waals surface area contributed by atoms with E-state index in [0.29, 0.717) is 68.8 Å². The summed E-state index contributed by atoms with van der Waals surface area (Å²) in [5.74, 6) is -1.90. The third-order valence-electron chi connectivity index (χ3n) is 8.23. The zero-order valence-corrected chi connectivity index (χ0v) is 26.7. The van der Waals surface area contributed by atoms with Crippen LogP contribution in [0.2, 0.25) is 10.0 Å². The van der Waals surface area contributed by atoms with Crippen molar-refractivity contribution in [3.05, 3.63) is 63.8 Å². The molecule has 1 aromatic heterocycles. The fourth-order valence-corrected chi connectivity index (χ4v) is 6.21. The van der Waals surface area contributed by atoms with Crippen molar-refractivity contribution in [2.75, 3.05) is 38.6 Å². The minimum absolute atomic E-state index is 0.000457. The van der Waals surface area contributed by atoms with Crippen LogP contribution in [0.1, 0.15) is 46.7 Å². The molecule has 2 saturated heterocycles. The maximum atomic E-state index is 14.5. The van der Waals surface area contributed by atoms with Crippen molar-refractivity contribution in [1.82, 2.24) is 19.8 Å². The molecule has 0 bridgehead atoms. The van der Waals surface area contributed by atoms with Crippen LogP contribution in [0.25, 0.3) is 11.3 Å². The number of methoxy groups -OCH3 is 1. The second-order valence-corrected chi connectivity index (χ2v) is 11.7. The molecule has 46 heavy (non-hydrogen) atoms. The number of halogens is 3. The molecule has 15 heteroatoms.